The lowest BCUT2D eigenvalue weighted by atomic mass is 9.94. The molecule has 0 unspecified atom stereocenters. The third-order valence-corrected chi connectivity index (χ3v) is 10.8. The molecule has 52 heavy (non-hydrogen) atoms. The number of hydrogen-bond donors (Lipinski definition) is 3. The Morgan fingerprint density at radius 2 is 1.60 bits per heavy atom. The zero-order chi connectivity index (χ0) is 36.6. The van der Waals surface area contributed by atoms with E-state index in [1.165, 1.54) is 42.1 Å². The largest absolute Gasteiger partial charge is 0.480 e. The van der Waals surface area contributed by atoms with E-state index in [9.17, 15) is 22.7 Å². The topological polar surface area (TPSA) is 121 Å². The number of hydrogen-bond acceptors (Lipinski definition) is 6. The number of aromatic nitrogens is 2. The number of carbonyl (C=O) groups is 1. The summed E-state index contributed by atoms with van der Waals surface area (Å²) < 4.78 is 72.2. The number of nitrogens with zero attached hydrogens (tertiary/aromatic N) is 2. The second-order valence-electron chi connectivity index (χ2n) is 12.6. The molecule has 0 aliphatic heterocycles. The zero-order valence-electron chi connectivity index (χ0n) is 27.3. The van der Waals surface area contributed by atoms with Crippen LogP contribution in [0.2, 0.25) is 5.02 Å². The molecule has 1 aliphatic rings. The molecule has 8 nitrogen and oxygen atoms in total. The fraction of sp³-hybridized carbons (Fsp3) is 0.154. The SMILES string of the molecule is O=C(O)[C@H](Cc1ccc(-c2ccc(C3CC3)cc2Cl)c2ncccc12)NCc1c(F)cc(NS(=O)(=O)c2ccc(-c3ccnc(F)c3)cc2)cc1F. The van der Waals surface area contributed by atoms with E-state index in [1.54, 1.807) is 24.4 Å². The summed E-state index contributed by atoms with van der Waals surface area (Å²) in [4.78, 5) is 20.2. The third kappa shape index (κ3) is 7.50. The molecule has 4 aromatic carbocycles. The monoisotopic (exact) mass is 742 g/mol. The first kappa shape index (κ1) is 35.1. The maximum Gasteiger partial charge on any atom is 0.321 e. The zero-order valence-corrected chi connectivity index (χ0v) is 28.9. The van der Waals surface area contributed by atoms with Crippen LogP contribution in [0.25, 0.3) is 33.2 Å². The lowest BCUT2D eigenvalue weighted by Crippen LogP contribution is -2.38. The number of pyridine rings is 2. The van der Waals surface area contributed by atoms with Crippen LogP contribution in [0, 0.1) is 17.6 Å². The van der Waals surface area contributed by atoms with Crippen LogP contribution in [0.15, 0.2) is 108 Å². The minimum atomic E-state index is -4.26. The van der Waals surface area contributed by atoms with E-state index in [2.05, 4.69) is 26.1 Å². The van der Waals surface area contributed by atoms with Gasteiger partial charge in [-0.1, -0.05) is 54.1 Å². The molecule has 0 radical (unpaired) electrons. The molecule has 1 saturated carbocycles. The molecule has 13 heteroatoms. The molecular formula is C39H30ClF3N4O4S. The molecule has 6 aromatic rings. The first-order valence-corrected chi connectivity index (χ1v) is 18.2. The Balaban J connectivity index is 1.06. The van der Waals surface area contributed by atoms with Gasteiger partial charge in [0.05, 0.1) is 16.1 Å². The van der Waals surface area contributed by atoms with Gasteiger partial charge in [0.15, 0.2) is 0 Å². The number of nitrogens with one attached hydrogen (secondary N) is 2. The van der Waals surface area contributed by atoms with Crippen molar-refractivity contribution in [3.8, 4) is 22.3 Å². The Labute approximate surface area is 302 Å². The molecule has 3 N–H and O–H groups in total. The minimum absolute atomic E-state index is 0.0256. The van der Waals surface area contributed by atoms with Gasteiger partial charge in [-0.2, -0.15) is 4.39 Å². The second-order valence-corrected chi connectivity index (χ2v) is 14.7. The van der Waals surface area contributed by atoms with Crippen LogP contribution in [0.5, 0.6) is 0 Å². The van der Waals surface area contributed by atoms with Gasteiger partial charge in [0.1, 0.15) is 17.7 Å². The molecule has 0 spiro atoms. The van der Waals surface area contributed by atoms with Crippen LogP contribution in [0.1, 0.15) is 35.4 Å². The smallest absolute Gasteiger partial charge is 0.321 e. The number of aliphatic carboxylic acids is 1. The molecule has 2 aromatic heterocycles. The maximum atomic E-state index is 15.2. The van der Waals surface area contributed by atoms with E-state index >= 15 is 8.78 Å². The van der Waals surface area contributed by atoms with E-state index in [4.69, 9.17) is 11.6 Å². The summed E-state index contributed by atoms with van der Waals surface area (Å²) in [5, 5.41) is 14.1. The summed E-state index contributed by atoms with van der Waals surface area (Å²) in [6.45, 7) is -0.490. The fourth-order valence-corrected chi connectivity index (χ4v) is 7.52. The van der Waals surface area contributed by atoms with Crippen molar-refractivity contribution in [2.24, 2.45) is 0 Å². The van der Waals surface area contributed by atoms with Crippen molar-refractivity contribution in [1.29, 1.82) is 0 Å². The van der Waals surface area contributed by atoms with Gasteiger partial charge in [0.2, 0.25) is 5.95 Å². The predicted octanol–water partition coefficient (Wildman–Crippen LogP) is 8.50. The molecule has 0 saturated heterocycles. The summed E-state index contributed by atoms with van der Waals surface area (Å²) >= 11 is 6.70. The number of carboxylic acids is 1. The Kier molecular flexibility index (Phi) is 9.71. The van der Waals surface area contributed by atoms with Crippen LogP contribution in [-0.2, 0) is 27.8 Å². The lowest BCUT2D eigenvalue weighted by molar-refractivity contribution is -0.139. The summed E-state index contributed by atoms with van der Waals surface area (Å²) in [5.74, 6) is -3.53. The van der Waals surface area contributed by atoms with Gasteiger partial charge in [-0.15, -0.1) is 0 Å². The summed E-state index contributed by atoms with van der Waals surface area (Å²) in [6, 6.07) is 21.9. The Bertz CT molecular complexity index is 2420. The van der Waals surface area contributed by atoms with Gasteiger partial charge in [0, 0.05) is 52.1 Å². The predicted molar refractivity (Wildman–Crippen MR) is 193 cm³/mol. The second kappa shape index (κ2) is 14.4. The van der Waals surface area contributed by atoms with Crippen LogP contribution < -0.4 is 10.0 Å². The highest BCUT2D eigenvalue weighted by atomic mass is 35.5. The molecule has 0 bridgehead atoms. The average molecular weight is 743 g/mol. The summed E-state index contributed by atoms with van der Waals surface area (Å²) in [7, 11) is -4.26. The molecule has 1 aliphatic carbocycles. The van der Waals surface area contributed by atoms with Gasteiger partial charge >= 0.3 is 5.97 Å². The molecule has 264 valence electrons. The third-order valence-electron chi connectivity index (χ3n) is 9.06. The van der Waals surface area contributed by atoms with Gasteiger partial charge < -0.3 is 5.11 Å². The molecule has 1 fully saturated rings. The highest BCUT2D eigenvalue weighted by Gasteiger charge is 2.25. The lowest BCUT2D eigenvalue weighted by Gasteiger charge is -2.18. The number of halogens is 4. The molecule has 1 atom stereocenters. The maximum absolute atomic E-state index is 15.2. The molecule has 0 amide bonds. The molecule has 2 heterocycles. The minimum Gasteiger partial charge on any atom is -0.480 e. The Morgan fingerprint density at radius 3 is 2.27 bits per heavy atom. The van der Waals surface area contributed by atoms with Crippen molar-refractivity contribution in [2.75, 3.05) is 4.72 Å². The molecule has 7 rings (SSSR count). The van der Waals surface area contributed by atoms with E-state index in [1.807, 2.05) is 24.3 Å². The first-order valence-electron chi connectivity index (χ1n) is 16.3. The number of fused-ring (bicyclic) bond motifs is 1. The van der Waals surface area contributed by atoms with Crippen LogP contribution in [0.4, 0.5) is 18.9 Å². The number of carboxylic acid groups (broad SMARTS) is 1. The van der Waals surface area contributed by atoms with E-state index in [0.717, 1.165) is 36.1 Å². The van der Waals surface area contributed by atoms with E-state index in [0.29, 0.717) is 38.5 Å². The van der Waals surface area contributed by atoms with Crippen molar-refractivity contribution in [1.82, 2.24) is 15.3 Å². The number of anilines is 1. The molecular weight excluding hydrogens is 713 g/mol. The van der Waals surface area contributed by atoms with Crippen molar-refractivity contribution in [3.63, 3.8) is 0 Å². The highest BCUT2D eigenvalue weighted by Crippen LogP contribution is 2.43. The van der Waals surface area contributed by atoms with Crippen LogP contribution in [0.3, 0.4) is 0 Å². The standard InChI is InChI=1S/C39H30ClF3N4O4S/c40-33-16-24(22-3-4-22)7-11-30(33)31-12-8-26(29-2-1-14-45-38(29)31)17-36(39(48)49)46-21-32-34(41)19-27(20-35(32)42)47-52(50,51)28-9-5-23(6-10-28)25-13-15-44-37(43)18-25/h1-2,5-16,18-20,22,36,46-47H,3-4,17,21H2,(H,48,49)/t36-/m0/s1. The van der Waals surface area contributed by atoms with Crippen molar-refractivity contribution in [2.45, 2.75) is 42.7 Å². The fourth-order valence-electron chi connectivity index (χ4n) is 6.19. The highest BCUT2D eigenvalue weighted by molar-refractivity contribution is 7.92. The van der Waals surface area contributed by atoms with E-state index in [-0.39, 0.29) is 17.0 Å². The first-order chi connectivity index (χ1) is 25.0. The van der Waals surface area contributed by atoms with Crippen LogP contribution in [-0.4, -0.2) is 35.5 Å². The van der Waals surface area contributed by atoms with E-state index < -0.39 is 51.7 Å². The van der Waals surface area contributed by atoms with Crippen molar-refractivity contribution in [3.05, 3.63) is 143 Å². The van der Waals surface area contributed by atoms with Crippen molar-refractivity contribution < 1.29 is 31.5 Å². The van der Waals surface area contributed by atoms with Gasteiger partial charge in [-0.05, 0) is 89.9 Å². The van der Waals surface area contributed by atoms with Crippen LogP contribution >= 0.6 is 11.6 Å². The number of rotatable bonds is 12. The Morgan fingerprint density at radius 1 is 0.865 bits per heavy atom. The van der Waals surface area contributed by atoms with Gasteiger partial charge in [0.25, 0.3) is 10.0 Å². The number of benzene rings is 4. The quantitative estimate of drug-likeness (QED) is 0.108. The normalized spacial score (nSPS) is 13.6. The summed E-state index contributed by atoms with van der Waals surface area (Å²) in [6.07, 6.45) is 5.20. The average Bonchev–Trinajstić information content (AvgIpc) is 3.97. The summed E-state index contributed by atoms with van der Waals surface area (Å²) in [5.41, 5.74) is 4.30. The van der Waals surface area contributed by atoms with Gasteiger partial charge in [-0.3, -0.25) is 19.8 Å². The van der Waals surface area contributed by atoms with Crippen molar-refractivity contribution >= 4 is 44.2 Å². The number of sulfonamides is 1. The van der Waals surface area contributed by atoms with Gasteiger partial charge in [-0.25, -0.2) is 22.2 Å². The Hall–Kier alpha value is -5.30.